The second kappa shape index (κ2) is 6.87. The van der Waals surface area contributed by atoms with Gasteiger partial charge < -0.3 is 10.1 Å². The van der Waals surface area contributed by atoms with E-state index in [1.807, 2.05) is 19.1 Å². The highest BCUT2D eigenvalue weighted by molar-refractivity contribution is 5.26. The molecule has 106 valence electrons. The van der Waals surface area contributed by atoms with Crippen molar-refractivity contribution in [1.82, 2.24) is 15.2 Å². The van der Waals surface area contributed by atoms with Crippen LogP contribution in [-0.4, -0.2) is 42.7 Å². The molecule has 1 saturated heterocycles. The van der Waals surface area contributed by atoms with Gasteiger partial charge in [0.1, 0.15) is 5.75 Å². The van der Waals surface area contributed by atoms with Gasteiger partial charge in [0.2, 0.25) is 0 Å². The Bertz CT molecular complexity index is 406. The van der Waals surface area contributed by atoms with Crippen LogP contribution in [0.4, 0.5) is 0 Å². The summed E-state index contributed by atoms with van der Waals surface area (Å²) in [5.74, 6) is 0.905. The highest BCUT2D eigenvalue weighted by Gasteiger charge is 2.19. The molecule has 2 heterocycles. The summed E-state index contributed by atoms with van der Waals surface area (Å²) in [6.45, 7) is 8.44. The maximum Gasteiger partial charge on any atom is 0.122 e. The van der Waals surface area contributed by atoms with Gasteiger partial charge >= 0.3 is 0 Å². The Morgan fingerprint density at radius 2 is 2.32 bits per heavy atom. The summed E-state index contributed by atoms with van der Waals surface area (Å²) in [4.78, 5) is 7.09. The van der Waals surface area contributed by atoms with Gasteiger partial charge in [0, 0.05) is 37.0 Å². The first-order valence-corrected chi connectivity index (χ1v) is 7.18. The number of nitrogens with one attached hydrogen (secondary N) is 1. The van der Waals surface area contributed by atoms with Crippen LogP contribution in [0.2, 0.25) is 0 Å². The minimum absolute atomic E-state index is 0.630. The average Bonchev–Trinajstić information content (AvgIpc) is 2.39. The Labute approximate surface area is 116 Å². The third-order valence-corrected chi connectivity index (χ3v) is 3.60. The zero-order valence-electron chi connectivity index (χ0n) is 12.3. The topological polar surface area (TPSA) is 37.4 Å². The predicted molar refractivity (Wildman–Crippen MR) is 77.5 cm³/mol. The average molecular weight is 263 g/mol. The third kappa shape index (κ3) is 4.18. The molecule has 0 amide bonds. The number of aromatic nitrogens is 1. The molecular weight excluding hydrogens is 238 g/mol. The summed E-state index contributed by atoms with van der Waals surface area (Å²) >= 11 is 0. The number of piperidine rings is 1. The molecule has 1 fully saturated rings. The van der Waals surface area contributed by atoms with Crippen molar-refractivity contribution in [3.63, 3.8) is 0 Å². The van der Waals surface area contributed by atoms with Gasteiger partial charge in [-0.3, -0.25) is 9.88 Å². The number of likely N-dealkylation sites (tertiary alicyclic amines) is 1. The monoisotopic (exact) mass is 263 g/mol. The van der Waals surface area contributed by atoms with Crippen LogP contribution >= 0.6 is 0 Å². The Morgan fingerprint density at radius 3 is 3.05 bits per heavy atom. The van der Waals surface area contributed by atoms with E-state index in [4.69, 9.17) is 4.74 Å². The molecule has 1 aliphatic heterocycles. The largest absolute Gasteiger partial charge is 0.497 e. The lowest BCUT2D eigenvalue weighted by atomic mass is 10.1. The van der Waals surface area contributed by atoms with Crippen molar-refractivity contribution in [1.29, 1.82) is 0 Å². The van der Waals surface area contributed by atoms with Crippen molar-refractivity contribution in [2.24, 2.45) is 0 Å². The van der Waals surface area contributed by atoms with Gasteiger partial charge in [0.15, 0.2) is 0 Å². The van der Waals surface area contributed by atoms with Crippen molar-refractivity contribution in [2.45, 2.75) is 39.3 Å². The van der Waals surface area contributed by atoms with E-state index in [-0.39, 0.29) is 0 Å². The quantitative estimate of drug-likeness (QED) is 0.881. The van der Waals surface area contributed by atoms with E-state index in [2.05, 4.69) is 22.1 Å². The first kappa shape index (κ1) is 14.3. The predicted octanol–water partition coefficient (Wildman–Crippen LogP) is 1.97. The summed E-state index contributed by atoms with van der Waals surface area (Å²) in [6.07, 6.45) is 2.55. The highest BCUT2D eigenvalue weighted by atomic mass is 16.5. The number of likely N-dealkylation sites (N-methyl/N-ethyl adjacent to an activating group) is 1. The number of hydrogen-bond donors (Lipinski definition) is 1. The van der Waals surface area contributed by atoms with Gasteiger partial charge in [-0.25, -0.2) is 0 Å². The number of pyridine rings is 1. The Morgan fingerprint density at radius 1 is 1.47 bits per heavy atom. The number of aryl methyl sites for hydroxylation is 1. The molecule has 1 aromatic heterocycles. The molecule has 0 bridgehead atoms. The zero-order valence-corrected chi connectivity index (χ0v) is 12.3. The minimum atomic E-state index is 0.630. The van der Waals surface area contributed by atoms with Crippen molar-refractivity contribution in [3.8, 4) is 5.75 Å². The summed E-state index contributed by atoms with van der Waals surface area (Å²) in [6, 6.07) is 4.65. The maximum atomic E-state index is 5.31. The van der Waals surface area contributed by atoms with Crippen LogP contribution in [0, 0.1) is 6.92 Å². The number of rotatable bonds is 5. The van der Waals surface area contributed by atoms with Crippen LogP contribution in [0.25, 0.3) is 0 Å². The van der Waals surface area contributed by atoms with E-state index in [1.54, 1.807) is 7.11 Å². The van der Waals surface area contributed by atoms with Crippen molar-refractivity contribution < 1.29 is 4.74 Å². The normalized spacial score (nSPS) is 20.5. The fraction of sp³-hybridized carbons (Fsp3) is 0.667. The number of nitrogens with zero attached hydrogens (tertiary/aromatic N) is 2. The van der Waals surface area contributed by atoms with E-state index in [1.165, 1.54) is 19.4 Å². The zero-order chi connectivity index (χ0) is 13.7. The second-order valence-electron chi connectivity index (χ2n) is 5.27. The van der Waals surface area contributed by atoms with Crippen LogP contribution in [0.3, 0.4) is 0 Å². The van der Waals surface area contributed by atoms with E-state index in [0.29, 0.717) is 6.04 Å². The van der Waals surface area contributed by atoms with E-state index >= 15 is 0 Å². The Balaban J connectivity index is 1.98. The lowest BCUT2D eigenvalue weighted by Crippen LogP contribution is -2.45. The Kier molecular flexibility index (Phi) is 5.16. The summed E-state index contributed by atoms with van der Waals surface area (Å²) < 4.78 is 5.31. The van der Waals surface area contributed by atoms with Crippen molar-refractivity contribution in [2.75, 3.05) is 26.7 Å². The summed E-state index contributed by atoms with van der Waals surface area (Å²) in [5.41, 5.74) is 2.13. The molecule has 4 heteroatoms. The molecule has 1 atom stereocenters. The molecule has 0 aromatic carbocycles. The maximum absolute atomic E-state index is 5.31. The molecule has 1 aliphatic rings. The highest BCUT2D eigenvalue weighted by Crippen LogP contribution is 2.17. The van der Waals surface area contributed by atoms with E-state index in [9.17, 15) is 0 Å². The fourth-order valence-electron chi connectivity index (χ4n) is 2.79. The summed E-state index contributed by atoms with van der Waals surface area (Å²) in [7, 11) is 1.71. The molecule has 0 spiro atoms. The molecule has 1 aromatic rings. The smallest absolute Gasteiger partial charge is 0.122 e. The van der Waals surface area contributed by atoms with E-state index in [0.717, 1.165) is 36.8 Å². The van der Waals surface area contributed by atoms with Gasteiger partial charge in [0.05, 0.1) is 12.8 Å². The van der Waals surface area contributed by atoms with Crippen LogP contribution in [0.5, 0.6) is 5.75 Å². The first-order valence-electron chi connectivity index (χ1n) is 7.18. The SMILES string of the molecule is CCNC1CCCN(Cc2cc(OC)cc(C)n2)C1. The standard InChI is InChI=1S/C15H25N3O/c1-4-16-13-6-5-7-18(10-13)11-14-9-15(19-3)8-12(2)17-14/h8-9,13,16H,4-7,10-11H2,1-3H3. The number of methoxy groups -OCH3 is 1. The number of hydrogen-bond acceptors (Lipinski definition) is 4. The molecule has 0 aliphatic carbocycles. The van der Waals surface area contributed by atoms with E-state index < -0.39 is 0 Å². The van der Waals surface area contributed by atoms with Gasteiger partial charge in [-0.1, -0.05) is 6.92 Å². The van der Waals surface area contributed by atoms with Gasteiger partial charge in [-0.2, -0.15) is 0 Å². The van der Waals surface area contributed by atoms with Gasteiger partial charge in [-0.05, 0) is 32.9 Å². The van der Waals surface area contributed by atoms with Crippen LogP contribution < -0.4 is 10.1 Å². The summed E-state index contributed by atoms with van der Waals surface area (Å²) in [5, 5.41) is 3.55. The molecule has 1 unspecified atom stereocenters. The van der Waals surface area contributed by atoms with Gasteiger partial charge in [-0.15, -0.1) is 0 Å². The first-order chi connectivity index (χ1) is 9.21. The van der Waals surface area contributed by atoms with Crippen LogP contribution in [0.15, 0.2) is 12.1 Å². The van der Waals surface area contributed by atoms with Crippen molar-refractivity contribution in [3.05, 3.63) is 23.5 Å². The third-order valence-electron chi connectivity index (χ3n) is 3.60. The minimum Gasteiger partial charge on any atom is -0.497 e. The number of ether oxygens (including phenoxy) is 1. The molecule has 4 nitrogen and oxygen atoms in total. The lowest BCUT2D eigenvalue weighted by Gasteiger charge is -2.32. The van der Waals surface area contributed by atoms with Crippen LogP contribution in [0.1, 0.15) is 31.2 Å². The van der Waals surface area contributed by atoms with Crippen molar-refractivity contribution >= 4 is 0 Å². The molecular formula is C15H25N3O. The molecule has 0 saturated carbocycles. The molecule has 0 radical (unpaired) electrons. The van der Waals surface area contributed by atoms with Gasteiger partial charge in [0.25, 0.3) is 0 Å². The second-order valence-corrected chi connectivity index (χ2v) is 5.27. The Hall–Kier alpha value is -1.13. The lowest BCUT2D eigenvalue weighted by molar-refractivity contribution is 0.182. The van der Waals surface area contributed by atoms with Crippen LogP contribution in [-0.2, 0) is 6.54 Å². The fourth-order valence-corrected chi connectivity index (χ4v) is 2.79. The molecule has 1 N–H and O–H groups in total. The molecule has 19 heavy (non-hydrogen) atoms. The molecule has 2 rings (SSSR count).